The van der Waals surface area contributed by atoms with Gasteiger partial charge in [0.2, 0.25) is 10.0 Å². The van der Waals surface area contributed by atoms with E-state index in [0.717, 1.165) is 25.9 Å². The number of piperidine rings is 1. The molecule has 162 valence electrons. The minimum absolute atomic E-state index is 0.173. The quantitative estimate of drug-likeness (QED) is 0.757. The van der Waals surface area contributed by atoms with Crippen molar-refractivity contribution >= 4 is 15.9 Å². The molecule has 2 aliphatic heterocycles. The van der Waals surface area contributed by atoms with E-state index >= 15 is 0 Å². The summed E-state index contributed by atoms with van der Waals surface area (Å²) in [4.78, 5) is 15.1. The maximum absolute atomic E-state index is 12.9. The molecule has 7 nitrogen and oxygen atoms in total. The van der Waals surface area contributed by atoms with Crippen LogP contribution in [-0.4, -0.2) is 75.0 Å². The van der Waals surface area contributed by atoms with Crippen LogP contribution in [0.25, 0.3) is 0 Å². The third kappa shape index (κ3) is 5.36. The molecule has 0 aromatic heterocycles. The number of morpholine rings is 1. The average Bonchev–Trinajstić information content (AvgIpc) is 2.73. The van der Waals surface area contributed by atoms with Crippen LogP contribution in [0.15, 0.2) is 29.2 Å². The molecule has 1 atom stereocenters. The number of hydrogen-bond donors (Lipinski definition) is 1. The normalized spacial score (nSPS) is 22.4. The Labute approximate surface area is 174 Å². The molecule has 0 saturated carbocycles. The second-order valence-electron chi connectivity index (χ2n) is 8.73. The van der Waals surface area contributed by atoms with Crippen LogP contribution in [0, 0.1) is 5.92 Å². The molecule has 1 amide bonds. The predicted octanol–water partition coefficient (Wildman–Crippen LogP) is 1.95. The van der Waals surface area contributed by atoms with E-state index in [1.807, 2.05) is 0 Å². The van der Waals surface area contributed by atoms with E-state index in [-0.39, 0.29) is 16.3 Å². The van der Waals surface area contributed by atoms with E-state index in [9.17, 15) is 13.2 Å². The molecule has 0 bridgehead atoms. The van der Waals surface area contributed by atoms with E-state index in [0.29, 0.717) is 44.3 Å². The van der Waals surface area contributed by atoms with Crippen LogP contribution >= 0.6 is 0 Å². The molecule has 2 aliphatic rings. The maximum Gasteiger partial charge on any atom is 0.251 e. The minimum Gasteiger partial charge on any atom is -0.379 e. The van der Waals surface area contributed by atoms with Gasteiger partial charge < -0.3 is 10.1 Å². The van der Waals surface area contributed by atoms with Gasteiger partial charge in [-0.15, -0.1) is 0 Å². The van der Waals surface area contributed by atoms with Crippen molar-refractivity contribution in [2.75, 3.05) is 45.9 Å². The molecule has 2 heterocycles. The molecule has 1 aromatic carbocycles. The molecular formula is C21H33N3O4S. The number of amides is 1. The SMILES string of the molecule is C[C@H]1CCCN(S(=O)(=O)c2ccc(C(=O)NCC(C)(C)N3CCOCC3)cc2)C1. The van der Waals surface area contributed by atoms with Crippen molar-refractivity contribution in [2.24, 2.45) is 5.92 Å². The average molecular weight is 424 g/mol. The molecule has 29 heavy (non-hydrogen) atoms. The molecule has 2 fully saturated rings. The van der Waals surface area contributed by atoms with E-state index in [1.54, 1.807) is 16.4 Å². The lowest BCUT2D eigenvalue weighted by Crippen LogP contribution is -2.55. The fraction of sp³-hybridized carbons (Fsp3) is 0.667. The summed E-state index contributed by atoms with van der Waals surface area (Å²) in [5.41, 5.74) is 0.293. The smallest absolute Gasteiger partial charge is 0.251 e. The highest BCUT2D eigenvalue weighted by molar-refractivity contribution is 7.89. The van der Waals surface area contributed by atoms with Crippen LogP contribution < -0.4 is 5.32 Å². The van der Waals surface area contributed by atoms with Gasteiger partial charge in [-0.1, -0.05) is 6.92 Å². The van der Waals surface area contributed by atoms with Gasteiger partial charge in [0.1, 0.15) is 0 Å². The van der Waals surface area contributed by atoms with E-state index < -0.39 is 10.0 Å². The van der Waals surface area contributed by atoms with Gasteiger partial charge >= 0.3 is 0 Å². The summed E-state index contributed by atoms with van der Waals surface area (Å²) in [5, 5.41) is 2.98. The van der Waals surface area contributed by atoms with Gasteiger partial charge in [0.25, 0.3) is 5.91 Å². The van der Waals surface area contributed by atoms with Crippen molar-refractivity contribution in [1.82, 2.24) is 14.5 Å². The first-order valence-electron chi connectivity index (χ1n) is 10.4. The van der Waals surface area contributed by atoms with Crippen molar-refractivity contribution in [3.63, 3.8) is 0 Å². The van der Waals surface area contributed by atoms with Crippen LogP contribution in [0.2, 0.25) is 0 Å². The van der Waals surface area contributed by atoms with Crippen LogP contribution in [0.5, 0.6) is 0 Å². The number of carbonyl (C=O) groups excluding carboxylic acids is 1. The molecule has 1 N–H and O–H groups in total. The van der Waals surface area contributed by atoms with Crippen molar-refractivity contribution in [3.8, 4) is 0 Å². The Hall–Kier alpha value is -1.48. The number of nitrogens with zero attached hydrogens (tertiary/aromatic N) is 2. The van der Waals surface area contributed by atoms with Gasteiger partial charge in [-0.05, 0) is 56.9 Å². The summed E-state index contributed by atoms with van der Waals surface area (Å²) in [6, 6.07) is 6.27. The molecule has 0 spiro atoms. The fourth-order valence-electron chi connectivity index (χ4n) is 3.97. The Bertz CT molecular complexity index is 802. The van der Waals surface area contributed by atoms with Gasteiger partial charge in [-0.2, -0.15) is 4.31 Å². The first kappa shape index (κ1) is 22.2. The van der Waals surface area contributed by atoms with Crippen LogP contribution in [-0.2, 0) is 14.8 Å². The second-order valence-corrected chi connectivity index (χ2v) is 10.7. The van der Waals surface area contributed by atoms with Crippen molar-refractivity contribution in [2.45, 2.75) is 44.0 Å². The largest absolute Gasteiger partial charge is 0.379 e. The highest BCUT2D eigenvalue weighted by Gasteiger charge is 2.30. The lowest BCUT2D eigenvalue weighted by Gasteiger charge is -2.40. The number of rotatable bonds is 6. The Balaban J connectivity index is 1.61. The lowest BCUT2D eigenvalue weighted by atomic mass is 10.0. The summed E-state index contributed by atoms with van der Waals surface area (Å²) in [7, 11) is -3.50. The summed E-state index contributed by atoms with van der Waals surface area (Å²) < 4.78 is 32.7. The van der Waals surface area contributed by atoms with E-state index in [2.05, 4.69) is 31.0 Å². The van der Waals surface area contributed by atoms with Crippen molar-refractivity contribution in [1.29, 1.82) is 0 Å². The third-order valence-corrected chi connectivity index (χ3v) is 7.80. The summed E-state index contributed by atoms with van der Waals surface area (Å²) >= 11 is 0. The first-order valence-corrected chi connectivity index (χ1v) is 11.9. The van der Waals surface area contributed by atoms with Crippen molar-refractivity contribution < 1.29 is 17.9 Å². The Morgan fingerprint density at radius 1 is 1.17 bits per heavy atom. The summed E-state index contributed by atoms with van der Waals surface area (Å²) in [6.45, 7) is 11.0. The minimum atomic E-state index is -3.50. The van der Waals surface area contributed by atoms with Crippen LogP contribution in [0.4, 0.5) is 0 Å². The van der Waals surface area contributed by atoms with Gasteiger partial charge in [0.05, 0.1) is 18.1 Å². The van der Waals surface area contributed by atoms with Crippen LogP contribution in [0.1, 0.15) is 44.0 Å². The lowest BCUT2D eigenvalue weighted by molar-refractivity contribution is -0.00923. The number of carbonyl (C=O) groups is 1. The molecule has 0 aliphatic carbocycles. The van der Waals surface area contributed by atoms with E-state index in [1.165, 1.54) is 12.1 Å². The number of sulfonamides is 1. The number of hydrogen-bond acceptors (Lipinski definition) is 5. The van der Waals surface area contributed by atoms with Gasteiger partial charge in [-0.25, -0.2) is 8.42 Å². The highest BCUT2D eigenvalue weighted by atomic mass is 32.2. The van der Waals surface area contributed by atoms with E-state index in [4.69, 9.17) is 4.74 Å². The molecule has 2 saturated heterocycles. The zero-order chi connectivity index (χ0) is 21.1. The van der Waals surface area contributed by atoms with Gasteiger partial charge in [0, 0.05) is 43.8 Å². The molecule has 3 rings (SSSR count). The first-order chi connectivity index (χ1) is 13.7. The zero-order valence-electron chi connectivity index (χ0n) is 17.7. The Morgan fingerprint density at radius 3 is 2.45 bits per heavy atom. The van der Waals surface area contributed by atoms with Crippen molar-refractivity contribution in [3.05, 3.63) is 29.8 Å². The molecule has 0 radical (unpaired) electrons. The third-order valence-electron chi connectivity index (χ3n) is 5.92. The van der Waals surface area contributed by atoms with Crippen LogP contribution in [0.3, 0.4) is 0 Å². The number of ether oxygens (including phenoxy) is 1. The summed E-state index contributed by atoms with van der Waals surface area (Å²) in [6.07, 6.45) is 1.95. The Kier molecular flexibility index (Phi) is 6.98. The second kappa shape index (κ2) is 9.12. The topological polar surface area (TPSA) is 79.0 Å². The number of benzene rings is 1. The summed E-state index contributed by atoms with van der Waals surface area (Å²) in [5.74, 6) is 0.181. The molecule has 0 unspecified atom stereocenters. The maximum atomic E-state index is 12.9. The molecule has 8 heteroatoms. The monoisotopic (exact) mass is 423 g/mol. The standard InChI is InChI=1S/C21H33N3O4S/c1-17-5-4-10-24(15-17)29(26,27)19-8-6-18(7-9-19)20(25)22-16-21(2,3)23-11-13-28-14-12-23/h6-9,17H,4-5,10-16H2,1-3H3,(H,22,25)/t17-/m0/s1. The molecular weight excluding hydrogens is 390 g/mol. The number of nitrogens with one attached hydrogen (secondary N) is 1. The predicted molar refractivity (Wildman–Crippen MR) is 112 cm³/mol. The zero-order valence-corrected chi connectivity index (χ0v) is 18.5. The molecule has 1 aromatic rings. The Morgan fingerprint density at radius 2 is 1.83 bits per heavy atom. The van der Waals surface area contributed by atoms with Gasteiger partial charge in [0.15, 0.2) is 0 Å². The van der Waals surface area contributed by atoms with Gasteiger partial charge in [-0.3, -0.25) is 9.69 Å². The highest BCUT2D eigenvalue weighted by Crippen LogP contribution is 2.23. The fourth-order valence-corrected chi connectivity index (χ4v) is 5.57.